The first-order valence-corrected chi connectivity index (χ1v) is 4.39. The number of aliphatic hydroxyl groups excluding tert-OH is 1. The van der Waals surface area contributed by atoms with E-state index in [9.17, 15) is 9.90 Å². The van der Waals surface area contributed by atoms with Gasteiger partial charge in [0.2, 0.25) is 0 Å². The lowest BCUT2D eigenvalue weighted by atomic mass is 10.0. The van der Waals surface area contributed by atoms with E-state index < -0.39 is 12.0 Å². The van der Waals surface area contributed by atoms with Gasteiger partial charge in [-0.3, -0.25) is 4.79 Å². The number of carbonyl (C=O) groups is 1. The molecule has 0 aliphatic rings. The summed E-state index contributed by atoms with van der Waals surface area (Å²) >= 11 is 0. The first kappa shape index (κ1) is 12.4. The molecule has 0 aliphatic carbocycles. The van der Waals surface area contributed by atoms with Crippen LogP contribution in [0.4, 0.5) is 0 Å². The van der Waals surface area contributed by atoms with Crippen LogP contribution in [0, 0.1) is 5.92 Å². The van der Waals surface area contributed by atoms with E-state index in [2.05, 4.69) is 4.74 Å². The van der Waals surface area contributed by atoms with E-state index in [-0.39, 0.29) is 5.97 Å². The summed E-state index contributed by atoms with van der Waals surface area (Å²) in [4.78, 5) is 13.0. The van der Waals surface area contributed by atoms with Crippen molar-refractivity contribution in [1.29, 1.82) is 0 Å². The molecular weight excluding hydrogens is 170 g/mol. The fourth-order valence-electron chi connectivity index (χ4n) is 0.983. The van der Waals surface area contributed by atoms with Crippen LogP contribution in [0.25, 0.3) is 0 Å². The van der Waals surface area contributed by atoms with Gasteiger partial charge in [-0.15, -0.1) is 0 Å². The zero-order valence-electron chi connectivity index (χ0n) is 8.78. The molecule has 0 heterocycles. The highest BCUT2D eigenvalue weighted by Crippen LogP contribution is 2.08. The molecule has 0 aromatic heterocycles. The molecule has 0 saturated heterocycles. The number of hydrogen-bond acceptors (Lipinski definition) is 4. The first-order valence-electron chi connectivity index (χ1n) is 4.39. The minimum absolute atomic E-state index is 0.355. The van der Waals surface area contributed by atoms with Gasteiger partial charge in [0.15, 0.2) is 0 Å². The van der Waals surface area contributed by atoms with Crippen LogP contribution in [0.3, 0.4) is 0 Å². The average molecular weight is 189 g/mol. The van der Waals surface area contributed by atoms with E-state index in [4.69, 9.17) is 0 Å². The highest BCUT2D eigenvalue weighted by molar-refractivity contribution is 5.72. The van der Waals surface area contributed by atoms with Crippen molar-refractivity contribution in [2.75, 3.05) is 27.7 Å². The number of esters is 1. The van der Waals surface area contributed by atoms with Crippen molar-refractivity contribution in [2.45, 2.75) is 19.4 Å². The van der Waals surface area contributed by atoms with E-state index in [1.54, 1.807) is 6.92 Å². The Morgan fingerprint density at radius 2 is 2.08 bits per heavy atom. The molecule has 0 aromatic rings. The SMILES string of the molecule is COC(=O)C(C)C(O)CCN(C)C. The molecule has 2 unspecified atom stereocenters. The Morgan fingerprint density at radius 3 is 2.46 bits per heavy atom. The van der Waals surface area contributed by atoms with E-state index in [1.165, 1.54) is 7.11 Å². The number of methoxy groups -OCH3 is 1. The number of aliphatic hydroxyl groups is 1. The quantitative estimate of drug-likeness (QED) is 0.624. The lowest BCUT2D eigenvalue weighted by molar-refractivity contribution is -0.148. The van der Waals surface area contributed by atoms with Crippen molar-refractivity contribution in [3.63, 3.8) is 0 Å². The largest absolute Gasteiger partial charge is 0.469 e. The maximum Gasteiger partial charge on any atom is 0.311 e. The summed E-state index contributed by atoms with van der Waals surface area (Å²) in [5, 5.41) is 9.54. The van der Waals surface area contributed by atoms with Crippen molar-refractivity contribution < 1.29 is 14.6 Å². The molecule has 4 heteroatoms. The fourth-order valence-corrected chi connectivity index (χ4v) is 0.983. The summed E-state index contributed by atoms with van der Waals surface area (Å²) in [7, 11) is 5.18. The van der Waals surface area contributed by atoms with E-state index in [1.807, 2.05) is 19.0 Å². The fraction of sp³-hybridized carbons (Fsp3) is 0.889. The van der Waals surface area contributed by atoms with Crippen LogP contribution in [0.2, 0.25) is 0 Å². The average Bonchev–Trinajstić information content (AvgIpc) is 2.11. The maximum absolute atomic E-state index is 11.0. The lowest BCUT2D eigenvalue weighted by Gasteiger charge is -2.18. The molecule has 4 nitrogen and oxygen atoms in total. The predicted octanol–water partition coefficient (Wildman–Crippen LogP) is 0.108. The molecule has 13 heavy (non-hydrogen) atoms. The molecule has 0 saturated carbocycles. The molecule has 0 spiro atoms. The zero-order chi connectivity index (χ0) is 10.4. The third-order valence-corrected chi connectivity index (χ3v) is 2.02. The van der Waals surface area contributed by atoms with Crippen molar-refractivity contribution in [1.82, 2.24) is 4.90 Å². The molecule has 0 amide bonds. The summed E-state index contributed by atoms with van der Waals surface area (Å²) in [5.41, 5.74) is 0. The lowest BCUT2D eigenvalue weighted by Crippen LogP contribution is -2.29. The molecule has 0 radical (unpaired) electrons. The number of nitrogens with zero attached hydrogens (tertiary/aromatic N) is 1. The summed E-state index contributed by atoms with van der Waals surface area (Å²) in [6.45, 7) is 2.44. The van der Waals surface area contributed by atoms with Gasteiger partial charge in [-0.25, -0.2) is 0 Å². The predicted molar refractivity (Wildman–Crippen MR) is 50.4 cm³/mol. The van der Waals surface area contributed by atoms with E-state index >= 15 is 0 Å². The second kappa shape index (κ2) is 5.94. The second-order valence-corrected chi connectivity index (χ2v) is 3.47. The van der Waals surface area contributed by atoms with Gasteiger partial charge in [-0.2, -0.15) is 0 Å². The molecular formula is C9H19NO3. The minimum Gasteiger partial charge on any atom is -0.469 e. The summed E-state index contributed by atoms with van der Waals surface area (Å²) in [6.07, 6.45) is -0.0293. The Balaban J connectivity index is 3.82. The number of carbonyl (C=O) groups excluding carboxylic acids is 1. The Hall–Kier alpha value is -0.610. The smallest absolute Gasteiger partial charge is 0.311 e. The second-order valence-electron chi connectivity index (χ2n) is 3.47. The van der Waals surface area contributed by atoms with Gasteiger partial charge in [0.25, 0.3) is 0 Å². The summed E-state index contributed by atoms with van der Waals surface area (Å²) in [5.74, 6) is -0.795. The highest BCUT2D eigenvalue weighted by Gasteiger charge is 2.22. The summed E-state index contributed by atoms with van der Waals surface area (Å²) in [6, 6.07) is 0. The van der Waals surface area contributed by atoms with Gasteiger partial charge >= 0.3 is 5.97 Å². The maximum atomic E-state index is 11.0. The summed E-state index contributed by atoms with van der Waals surface area (Å²) < 4.78 is 4.53. The van der Waals surface area contributed by atoms with Crippen LogP contribution in [0.15, 0.2) is 0 Å². The molecule has 2 atom stereocenters. The van der Waals surface area contributed by atoms with Crippen molar-refractivity contribution in [3.8, 4) is 0 Å². The van der Waals surface area contributed by atoms with Gasteiger partial charge in [0, 0.05) is 6.54 Å². The standard InChI is InChI=1S/C9H19NO3/c1-7(9(12)13-4)8(11)5-6-10(2)3/h7-8,11H,5-6H2,1-4H3. The normalized spacial score (nSPS) is 15.5. The number of ether oxygens (including phenoxy) is 1. The van der Waals surface area contributed by atoms with Crippen LogP contribution < -0.4 is 0 Å². The Labute approximate surface area is 79.5 Å². The van der Waals surface area contributed by atoms with Crippen molar-refractivity contribution >= 4 is 5.97 Å². The third-order valence-electron chi connectivity index (χ3n) is 2.02. The minimum atomic E-state index is -0.616. The van der Waals surface area contributed by atoms with Gasteiger partial charge in [-0.1, -0.05) is 0 Å². The van der Waals surface area contributed by atoms with Crippen LogP contribution in [-0.4, -0.2) is 49.8 Å². The molecule has 0 bridgehead atoms. The topological polar surface area (TPSA) is 49.8 Å². The molecule has 0 fully saturated rings. The van der Waals surface area contributed by atoms with Crippen molar-refractivity contribution in [3.05, 3.63) is 0 Å². The van der Waals surface area contributed by atoms with Gasteiger partial charge in [0.1, 0.15) is 0 Å². The van der Waals surface area contributed by atoms with E-state index in [0.717, 1.165) is 6.54 Å². The van der Waals surface area contributed by atoms with Gasteiger partial charge < -0.3 is 14.7 Å². The number of hydrogen-bond donors (Lipinski definition) is 1. The molecule has 0 aromatic carbocycles. The molecule has 0 rings (SSSR count). The molecule has 0 aliphatic heterocycles. The Kier molecular flexibility index (Phi) is 5.66. The van der Waals surface area contributed by atoms with Crippen molar-refractivity contribution in [2.24, 2.45) is 5.92 Å². The van der Waals surface area contributed by atoms with Crippen LogP contribution in [0.5, 0.6) is 0 Å². The Morgan fingerprint density at radius 1 is 1.54 bits per heavy atom. The van der Waals surface area contributed by atoms with Crippen LogP contribution in [-0.2, 0) is 9.53 Å². The monoisotopic (exact) mass is 189 g/mol. The molecule has 1 N–H and O–H groups in total. The Bertz CT molecular complexity index is 159. The highest BCUT2D eigenvalue weighted by atomic mass is 16.5. The number of rotatable bonds is 5. The zero-order valence-corrected chi connectivity index (χ0v) is 8.78. The van der Waals surface area contributed by atoms with Gasteiger partial charge in [-0.05, 0) is 27.4 Å². The molecule has 78 valence electrons. The van der Waals surface area contributed by atoms with Crippen LogP contribution >= 0.6 is 0 Å². The third kappa shape index (κ3) is 4.85. The van der Waals surface area contributed by atoms with E-state index in [0.29, 0.717) is 6.42 Å². The van der Waals surface area contributed by atoms with Crippen LogP contribution in [0.1, 0.15) is 13.3 Å². The van der Waals surface area contributed by atoms with Gasteiger partial charge in [0.05, 0.1) is 19.1 Å². The first-order chi connectivity index (χ1) is 5.99.